The lowest BCUT2D eigenvalue weighted by molar-refractivity contribution is -0.115. The number of nitrogens with zero attached hydrogens (tertiary/aromatic N) is 1. The number of fused-ring (bicyclic) bond motifs is 1. The molecule has 1 aliphatic carbocycles. The predicted molar refractivity (Wildman–Crippen MR) is 97.0 cm³/mol. The molecule has 3 atom stereocenters. The molecule has 2 aromatic rings. The van der Waals surface area contributed by atoms with Crippen molar-refractivity contribution in [2.45, 2.75) is 43.7 Å². The predicted octanol–water partition coefficient (Wildman–Crippen LogP) is 3.80. The molecule has 2 heterocycles. The zero-order valence-corrected chi connectivity index (χ0v) is 15.1. The molecule has 1 aromatic heterocycles. The normalized spacial score (nSPS) is 28.5. The number of piperidine rings is 1. The molecule has 0 radical (unpaired) electrons. The van der Waals surface area contributed by atoms with E-state index in [4.69, 9.17) is 9.15 Å². The van der Waals surface area contributed by atoms with Gasteiger partial charge in [0, 0.05) is 18.0 Å². The molecule has 0 spiro atoms. The second kappa shape index (κ2) is 6.80. The lowest BCUT2D eigenvalue weighted by Crippen LogP contribution is -2.56. The number of para-hydroxylation sites is 1. The highest BCUT2D eigenvalue weighted by Crippen LogP contribution is 2.51. The van der Waals surface area contributed by atoms with Gasteiger partial charge in [-0.05, 0) is 37.5 Å². The summed E-state index contributed by atoms with van der Waals surface area (Å²) in [7, 11) is 1.65. The minimum atomic E-state index is -0.719. The summed E-state index contributed by atoms with van der Waals surface area (Å²) in [5.74, 6) is 0.967. The number of carbonyl (C=O) groups is 1. The van der Waals surface area contributed by atoms with Crippen LogP contribution in [0.25, 0.3) is 0 Å². The third-order valence-corrected chi connectivity index (χ3v) is 6.02. The van der Waals surface area contributed by atoms with Crippen LogP contribution in [0, 0.1) is 5.92 Å². The highest BCUT2D eigenvalue weighted by atomic mass is 16.5. The zero-order valence-electron chi connectivity index (χ0n) is 15.1. The van der Waals surface area contributed by atoms with E-state index in [2.05, 4.69) is 0 Å². The summed E-state index contributed by atoms with van der Waals surface area (Å²) in [6.45, 7) is 0.509. The Balaban J connectivity index is 1.79. The third kappa shape index (κ3) is 2.80. The van der Waals surface area contributed by atoms with Crippen LogP contribution in [-0.4, -0.2) is 35.2 Å². The van der Waals surface area contributed by atoms with E-state index in [9.17, 15) is 9.90 Å². The Hall–Kier alpha value is -2.27. The van der Waals surface area contributed by atoms with Crippen molar-refractivity contribution in [3.8, 4) is 5.75 Å². The van der Waals surface area contributed by atoms with Gasteiger partial charge >= 0.3 is 0 Å². The number of rotatable bonds is 3. The molecule has 138 valence electrons. The summed E-state index contributed by atoms with van der Waals surface area (Å²) in [5.41, 5.74) is 0.240. The molecule has 2 aliphatic rings. The van der Waals surface area contributed by atoms with Gasteiger partial charge in [0.2, 0.25) is 0 Å². The SMILES string of the molecule is COc1ccccc1[C@H]1[C@H]2CCCC[C@@]2(O)CCN1C(=O)c1ccco1. The van der Waals surface area contributed by atoms with E-state index in [1.165, 1.54) is 6.26 Å². The first kappa shape index (κ1) is 17.2. The first-order chi connectivity index (χ1) is 12.6. The van der Waals surface area contributed by atoms with Crippen molar-refractivity contribution >= 4 is 5.91 Å². The number of benzene rings is 1. The molecule has 5 heteroatoms. The largest absolute Gasteiger partial charge is 0.496 e. The van der Waals surface area contributed by atoms with Crippen LogP contribution in [0.15, 0.2) is 47.1 Å². The van der Waals surface area contributed by atoms with Crippen molar-refractivity contribution < 1.29 is 19.1 Å². The summed E-state index contributed by atoms with van der Waals surface area (Å²) >= 11 is 0. The van der Waals surface area contributed by atoms with Gasteiger partial charge < -0.3 is 19.2 Å². The number of hydrogen-bond donors (Lipinski definition) is 1. The summed E-state index contributed by atoms with van der Waals surface area (Å²) in [6.07, 6.45) is 5.94. The number of carbonyl (C=O) groups excluding carboxylic acids is 1. The number of likely N-dealkylation sites (tertiary alicyclic amines) is 1. The van der Waals surface area contributed by atoms with Crippen molar-refractivity contribution in [2.24, 2.45) is 5.92 Å². The smallest absolute Gasteiger partial charge is 0.290 e. The summed E-state index contributed by atoms with van der Waals surface area (Å²) < 4.78 is 11.0. The molecular formula is C21H25NO4. The van der Waals surface area contributed by atoms with Gasteiger partial charge in [0.15, 0.2) is 5.76 Å². The maximum absolute atomic E-state index is 13.1. The lowest BCUT2D eigenvalue weighted by Gasteiger charge is -2.52. The van der Waals surface area contributed by atoms with Crippen LogP contribution < -0.4 is 4.74 Å². The van der Waals surface area contributed by atoms with Gasteiger partial charge in [0.1, 0.15) is 5.75 Å². The fraction of sp³-hybridized carbons (Fsp3) is 0.476. The van der Waals surface area contributed by atoms with Gasteiger partial charge in [-0.1, -0.05) is 31.0 Å². The highest BCUT2D eigenvalue weighted by Gasteiger charge is 2.51. The van der Waals surface area contributed by atoms with Gasteiger partial charge in [0.25, 0.3) is 5.91 Å². The van der Waals surface area contributed by atoms with Crippen LogP contribution >= 0.6 is 0 Å². The first-order valence-electron chi connectivity index (χ1n) is 9.34. The highest BCUT2D eigenvalue weighted by molar-refractivity contribution is 5.92. The van der Waals surface area contributed by atoms with Crippen LogP contribution in [0.1, 0.15) is 54.3 Å². The molecule has 1 aliphatic heterocycles. The van der Waals surface area contributed by atoms with E-state index >= 15 is 0 Å². The Morgan fingerprint density at radius 3 is 2.85 bits per heavy atom. The summed E-state index contributed by atoms with van der Waals surface area (Å²) in [5, 5.41) is 11.3. The molecule has 5 nitrogen and oxygen atoms in total. The Morgan fingerprint density at radius 2 is 2.08 bits per heavy atom. The Morgan fingerprint density at radius 1 is 1.23 bits per heavy atom. The molecule has 1 saturated heterocycles. The molecule has 1 N–H and O–H groups in total. The molecule has 1 amide bonds. The number of methoxy groups -OCH3 is 1. The van der Waals surface area contributed by atoms with Gasteiger partial charge in [-0.25, -0.2) is 0 Å². The molecule has 0 bridgehead atoms. The summed E-state index contributed by atoms with van der Waals surface area (Å²) in [4.78, 5) is 15.0. The van der Waals surface area contributed by atoms with Crippen molar-refractivity contribution in [2.75, 3.05) is 13.7 Å². The minimum Gasteiger partial charge on any atom is -0.496 e. The van der Waals surface area contributed by atoms with Crippen LogP contribution in [0.3, 0.4) is 0 Å². The van der Waals surface area contributed by atoms with Gasteiger partial charge in [0.05, 0.1) is 25.0 Å². The van der Waals surface area contributed by atoms with Crippen molar-refractivity contribution in [3.05, 3.63) is 54.0 Å². The maximum atomic E-state index is 13.1. The fourth-order valence-corrected chi connectivity index (χ4v) is 4.75. The minimum absolute atomic E-state index is 0.000197. The molecular weight excluding hydrogens is 330 g/mol. The average molecular weight is 355 g/mol. The van der Waals surface area contributed by atoms with Crippen molar-refractivity contribution in [1.82, 2.24) is 4.90 Å². The molecule has 26 heavy (non-hydrogen) atoms. The molecule has 1 saturated carbocycles. The van der Waals surface area contributed by atoms with E-state index in [0.29, 0.717) is 18.7 Å². The number of ether oxygens (including phenoxy) is 1. The Labute approximate surface area is 153 Å². The average Bonchev–Trinajstić information content (AvgIpc) is 3.21. The van der Waals surface area contributed by atoms with Crippen LogP contribution in [-0.2, 0) is 0 Å². The summed E-state index contributed by atoms with van der Waals surface area (Å²) in [6, 6.07) is 11.0. The first-order valence-corrected chi connectivity index (χ1v) is 9.34. The molecule has 2 fully saturated rings. The van der Waals surface area contributed by atoms with Crippen molar-refractivity contribution in [1.29, 1.82) is 0 Å². The van der Waals surface area contributed by atoms with Crippen LogP contribution in [0.2, 0.25) is 0 Å². The second-order valence-electron chi connectivity index (χ2n) is 7.37. The molecule has 4 rings (SSSR count). The number of amides is 1. The zero-order chi connectivity index (χ0) is 18.1. The Kier molecular flexibility index (Phi) is 4.49. The third-order valence-electron chi connectivity index (χ3n) is 6.02. The topological polar surface area (TPSA) is 62.9 Å². The number of hydrogen-bond acceptors (Lipinski definition) is 4. The fourth-order valence-electron chi connectivity index (χ4n) is 4.75. The van der Waals surface area contributed by atoms with E-state index in [0.717, 1.165) is 37.0 Å². The maximum Gasteiger partial charge on any atom is 0.290 e. The van der Waals surface area contributed by atoms with Crippen LogP contribution in [0.4, 0.5) is 0 Å². The second-order valence-corrected chi connectivity index (χ2v) is 7.37. The standard InChI is InChI=1S/C21H25NO4/c1-25-17-9-3-2-7-15(17)19-16-8-4-5-11-21(16,24)12-13-22(19)20(23)18-10-6-14-26-18/h2-3,6-7,9-10,14,16,19,24H,4-5,8,11-13H2,1H3/t16-,19+,21-/m1/s1. The monoisotopic (exact) mass is 355 g/mol. The molecule has 1 aromatic carbocycles. The van der Waals surface area contributed by atoms with E-state index in [1.807, 2.05) is 29.2 Å². The Bertz CT molecular complexity index is 772. The van der Waals surface area contributed by atoms with Gasteiger partial charge in [-0.2, -0.15) is 0 Å². The van der Waals surface area contributed by atoms with E-state index in [1.54, 1.807) is 19.2 Å². The van der Waals surface area contributed by atoms with Gasteiger partial charge in [-0.3, -0.25) is 4.79 Å². The van der Waals surface area contributed by atoms with Crippen molar-refractivity contribution in [3.63, 3.8) is 0 Å². The van der Waals surface area contributed by atoms with Gasteiger partial charge in [-0.15, -0.1) is 0 Å². The molecule has 0 unspecified atom stereocenters. The number of furan rings is 1. The van der Waals surface area contributed by atoms with E-state index < -0.39 is 5.60 Å². The van der Waals surface area contributed by atoms with E-state index in [-0.39, 0.29) is 17.9 Å². The number of aliphatic hydroxyl groups is 1. The van der Waals surface area contributed by atoms with Crippen LogP contribution in [0.5, 0.6) is 5.75 Å². The quantitative estimate of drug-likeness (QED) is 0.910. The lowest BCUT2D eigenvalue weighted by atomic mass is 9.66.